The van der Waals surface area contributed by atoms with E-state index in [4.69, 9.17) is 4.74 Å². The van der Waals surface area contributed by atoms with Crippen molar-refractivity contribution < 1.29 is 9.53 Å². The monoisotopic (exact) mass is 312 g/mol. The van der Waals surface area contributed by atoms with Crippen molar-refractivity contribution in [1.29, 1.82) is 0 Å². The molecular formula is C13H17BrN2O2. The van der Waals surface area contributed by atoms with Crippen LogP contribution in [0.25, 0.3) is 0 Å². The molecule has 2 rings (SSSR count). The third-order valence-corrected chi connectivity index (χ3v) is 3.37. The largest absolute Gasteiger partial charge is 0.484 e. The molecule has 1 aromatic carbocycles. The van der Waals surface area contributed by atoms with E-state index in [0.717, 1.165) is 30.4 Å². The van der Waals surface area contributed by atoms with Crippen molar-refractivity contribution in [2.45, 2.75) is 18.9 Å². The number of hydrogen-bond donors (Lipinski definition) is 2. The summed E-state index contributed by atoms with van der Waals surface area (Å²) in [6.45, 7) is 1.96. The van der Waals surface area contributed by atoms with E-state index in [2.05, 4.69) is 26.6 Å². The molecule has 0 aromatic heterocycles. The van der Waals surface area contributed by atoms with Crippen LogP contribution in [-0.2, 0) is 4.79 Å². The second kappa shape index (κ2) is 6.75. The minimum Gasteiger partial charge on any atom is -0.484 e. The summed E-state index contributed by atoms with van der Waals surface area (Å²) >= 11 is 3.35. The van der Waals surface area contributed by atoms with Gasteiger partial charge in [0.25, 0.3) is 5.91 Å². The summed E-state index contributed by atoms with van der Waals surface area (Å²) in [6.07, 6.45) is 2.15. The van der Waals surface area contributed by atoms with Crippen LogP contribution in [-0.4, -0.2) is 31.6 Å². The quantitative estimate of drug-likeness (QED) is 0.889. The highest BCUT2D eigenvalue weighted by molar-refractivity contribution is 9.10. The van der Waals surface area contributed by atoms with E-state index in [1.54, 1.807) is 0 Å². The van der Waals surface area contributed by atoms with Gasteiger partial charge in [-0.05, 0) is 43.7 Å². The molecule has 1 atom stereocenters. The van der Waals surface area contributed by atoms with Crippen LogP contribution in [0.1, 0.15) is 12.8 Å². The van der Waals surface area contributed by atoms with Crippen LogP contribution in [0.4, 0.5) is 0 Å². The van der Waals surface area contributed by atoms with E-state index in [-0.39, 0.29) is 18.6 Å². The lowest BCUT2D eigenvalue weighted by Gasteiger charge is -2.23. The van der Waals surface area contributed by atoms with Crippen molar-refractivity contribution in [1.82, 2.24) is 10.6 Å². The van der Waals surface area contributed by atoms with Crippen LogP contribution in [0.15, 0.2) is 28.7 Å². The Labute approximate surface area is 115 Å². The summed E-state index contributed by atoms with van der Waals surface area (Å²) in [7, 11) is 0. The topological polar surface area (TPSA) is 50.4 Å². The second-order valence-corrected chi connectivity index (χ2v) is 5.27. The molecule has 0 aliphatic carbocycles. The van der Waals surface area contributed by atoms with Crippen LogP contribution in [0.5, 0.6) is 5.75 Å². The molecule has 4 nitrogen and oxygen atoms in total. The Bertz CT molecular complexity index is 388. The fourth-order valence-corrected chi connectivity index (χ4v) is 2.19. The minimum absolute atomic E-state index is 0.0633. The molecule has 1 fully saturated rings. The molecule has 1 aromatic rings. The first-order chi connectivity index (χ1) is 8.74. The van der Waals surface area contributed by atoms with E-state index >= 15 is 0 Å². The summed E-state index contributed by atoms with van der Waals surface area (Å²) in [5.41, 5.74) is 0. The third kappa shape index (κ3) is 4.31. The minimum atomic E-state index is -0.0633. The van der Waals surface area contributed by atoms with Crippen molar-refractivity contribution in [2.24, 2.45) is 0 Å². The zero-order chi connectivity index (χ0) is 12.8. The molecule has 1 aliphatic rings. The third-order valence-electron chi connectivity index (χ3n) is 2.85. The fourth-order valence-electron chi connectivity index (χ4n) is 1.92. The van der Waals surface area contributed by atoms with Gasteiger partial charge in [-0.3, -0.25) is 4.79 Å². The van der Waals surface area contributed by atoms with E-state index < -0.39 is 0 Å². The van der Waals surface area contributed by atoms with Gasteiger partial charge in [0, 0.05) is 17.1 Å². The molecule has 1 saturated heterocycles. The van der Waals surface area contributed by atoms with Crippen LogP contribution >= 0.6 is 15.9 Å². The van der Waals surface area contributed by atoms with Crippen molar-refractivity contribution in [3.8, 4) is 5.75 Å². The maximum absolute atomic E-state index is 11.7. The number of carbonyl (C=O) groups excluding carboxylic acids is 1. The Hall–Kier alpha value is -1.07. The molecule has 0 spiro atoms. The maximum Gasteiger partial charge on any atom is 0.258 e. The number of hydrogen-bond acceptors (Lipinski definition) is 3. The van der Waals surface area contributed by atoms with Gasteiger partial charge in [-0.15, -0.1) is 0 Å². The van der Waals surface area contributed by atoms with Crippen molar-refractivity contribution in [3.63, 3.8) is 0 Å². The van der Waals surface area contributed by atoms with Crippen LogP contribution in [0, 0.1) is 0 Å². The Morgan fingerprint density at radius 3 is 2.89 bits per heavy atom. The molecule has 98 valence electrons. The zero-order valence-corrected chi connectivity index (χ0v) is 11.7. The first-order valence-electron chi connectivity index (χ1n) is 6.12. The fraction of sp³-hybridized carbons (Fsp3) is 0.462. The lowest BCUT2D eigenvalue weighted by molar-refractivity contribution is -0.123. The van der Waals surface area contributed by atoms with E-state index in [1.165, 1.54) is 0 Å². The summed E-state index contributed by atoms with van der Waals surface area (Å²) in [4.78, 5) is 11.7. The first kappa shape index (κ1) is 13.4. The van der Waals surface area contributed by atoms with Gasteiger partial charge in [0.2, 0.25) is 0 Å². The van der Waals surface area contributed by atoms with Crippen LogP contribution in [0.3, 0.4) is 0 Å². The van der Waals surface area contributed by atoms with Gasteiger partial charge in [0.05, 0.1) is 0 Å². The first-order valence-corrected chi connectivity index (χ1v) is 6.92. The highest BCUT2D eigenvalue weighted by atomic mass is 79.9. The Kier molecular flexibility index (Phi) is 5.01. The molecule has 0 radical (unpaired) electrons. The van der Waals surface area contributed by atoms with Gasteiger partial charge in [-0.2, -0.15) is 0 Å². The number of carbonyl (C=O) groups is 1. The predicted octanol–water partition coefficient (Wildman–Crippen LogP) is 1.70. The van der Waals surface area contributed by atoms with Gasteiger partial charge >= 0.3 is 0 Å². The lowest BCUT2D eigenvalue weighted by atomic mass is 10.1. The SMILES string of the molecule is O=C(COc1ccc(Br)cc1)N[C@H]1CCCNC1. The van der Waals surface area contributed by atoms with Gasteiger partial charge in [-0.25, -0.2) is 0 Å². The summed E-state index contributed by atoms with van der Waals surface area (Å²) in [6, 6.07) is 7.68. The molecule has 1 amide bonds. The Balaban J connectivity index is 1.72. The van der Waals surface area contributed by atoms with Crippen molar-refractivity contribution in [3.05, 3.63) is 28.7 Å². The van der Waals surface area contributed by atoms with E-state index in [9.17, 15) is 4.79 Å². The van der Waals surface area contributed by atoms with Gasteiger partial charge in [0.15, 0.2) is 6.61 Å². The zero-order valence-electron chi connectivity index (χ0n) is 10.1. The molecule has 18 heavy (non-hydrogen) atoms. The highest BCUT2D eigenvalue weighted by Crippen LogP contribution is 2.15. The van der Waals surface area contributed by atoms with E-state index in [1.807, 2.05) is 24.3 Å². The summed E-state index contributed by atoms with van der Waals surface area (Å²) in [5, 5.41) is 6.22. The van der Waals surface area contributed by atoms with Crippen LogP contribution < -0.4 is 15.4 Å². The predicted molar refractivity (Wildman–Crippen MR) is 73.7 cm³/mol. The molecule has 1 aliphatic heterocycles. The van der Waals surface area contributed by atoms with Gasteiger partial charge in [-0.1, -0.05) is 15.9 Å². The van der Waals surface area contributed by atoms with Crippen molar-refractivity contribution in [2.75, 3.05) is 19.7 Å². The number of nitrogens with one attached hydrogen (secondary N) is 2. The van der Waals surface area contributed by atoms with Gasteiger partial charge < -0.3 is 15.4 Å². The average molecular weight is 313 g/mol. The highest BCUT2D eigenvalue weighted by Gasteiger charge is 2.15. The molecule has 5 heteroatoms. The molecule has 2 N–H and O–H groups in total. The van der Waals surface area contributed by atoms with Gasteiger partial charge in [0.1, 0.15) is 5.75 Å². The Morgan fingerprint density at radius 1 is 1.44 bits per heavy atom. The summed E-state index contributed by atoms with van der Waals surface area (Å²) in [5.74, 6) is 0.640. The molecule has 1 heterocycles. The summed E-state index contributed by atoms with van der Waals surface area (Å²) < 4.78 is 6.40. The van der Waals surface area contributed by atoms with Crippen LogP contribution in [0.2, 0.25) is 0 Å². The number of halogens is 1. The number of amides is 1. The lowest BCUT2D eigenvalue weighted by Crippen LogP contribution is -2.46. The van der Waals surface area contributed by atoms with Crippen molar-refractivity contribution >= 4 is 21.8 Å². The second-order valence-electron chi connectivity index (χ2n) is 4.35. The molecule has 0 saturated carbocycles. The Morgan fingerprint density at radius 2 is 2.22 bits per heavy atom. The van der Waals surface area contributed by atoms with E-state index in [0.29, 0.717) is 5.75 Å². The standard InChI is InChI=1S/C13H17BrN2O2/c14-10-3-5-12(6-4-10)18-9-13(17)16-11-2-1-7-15-8-11/h3-6,11,15H,1-2,7-9H2,(H,16,17)/t11-/m0/s1. The number of rotatable bonds is 4. The molecule has 0 unspecified atom stereocenters. The number of ether oxygens (including phenoxy) is 1. The average Bonchev–Trinajstić information content (AvgIpc) is 2.39. The smallest absolute Gasteiger partial charge is 0.258 e. The number of piperidine rings is 1. The molecular weight excluding hydrogens is 296 g/mol. The maximum atomic E-state index is 11.7. The molecule has 0 bridgehead atoms. The normalized spacial score (nSPS) is 19.3. The number of benzene rings is 1.